The van der Waals surface area contributed by atoms with Crippen LogP contribution in [0.3, 0.4) is 0 Å². The van der Waals surface area contributed by atoms with Crippen molar-refractivity contribution in [2.45, 2.75) is 13.8 Å². The third-order valence-electron chi connectivity index (χ3n) is 2.31. The molecule has 0 saturated carbocycles. The maximum Gasteiger partial charge on any atom is 0.225 e. The molecule has 1 saturated heterocycles. The van der Waals surface area contributed by atoms with Gasteiger partial charge in [-0.1, -0.05) is 13.8 Å². The van der Waals surface area contributed by atoms with E-state index < -0.39 is 0 Å². The summed E-state index contributed by atoms with van der Waals surface area (Å²) < 4.78 is 0. The molecule has 0 atom stereocenters. The Balaban J connectivity index is 2.08. The molecule has 0 N–H and O–H groups in total. The second-order valence-corrected chi connectivity index (χ2v) is 4.45. The molecule has 0 amide bonds. The number of rotatable bonds is 2. The zero-order valence-electron chi connectivity index (χ0n) is 8.40. The van der Waals surface area contributed by atoms with Crippen molar-refractivity contribution in [3.8, 4) is 0 Å². The Morgan fingerprint density at radius 2 is 1.93 bits per heavy atom. The Morgan fingerprint density at radius 1 is 1.36 bits per heavy atom. The van der Waals surface area contributed by atoms with Gasteiger partial charge in [0.05, 0.1) is 5.56 Å². The van der Waals surface area contributed by atoms with Gasteiger partial charge in [-0.25, -0.2) is 9.97 Å². The van der Waals surface area contributed by atoms with E-state index in [0.717, 1.165) is 25.3 Å². The number of carbonyl (C=O) groups is 1. The molecule has 1 aliphatic heterocycles. The molecule has 4 nitrogen and oxygen atoms in total. The molecular weight excluding hydrogens is 178 g/mol. The molecule has 74 valence electrons. The summed E-state index contributed by atoms with van der Waals surface area (Å²) in [4.78, 5) is 20.7. The topological polar surface area (TPSA) is 46.1 Å². The van der Waals surface area contributed by atoms with Crippen LogP contribution in [0.4, 0.5) is 5.95 Å². The van der Waals surface area contributed by atoms with Crippen molar-refractivity contribution in [1.82, 2.24) is 9.97 Å². The smallest absolute Gasteiger partial charge is 0.225 e. The first-order valence-electron chi connectivity index (χ1n) is 4.63. The number of hydrogen-bond donors (Lipinski definition) is 0. The van der Waals surface area contributed by atoms with Gasteiger partial charge >= 0.3 is 0 Å². The van der Waals surface area contributed by atoms with Gasteiger partial charge in [-0.2, -0.15) is 0 Å². The molecule has 4 heteroatoms. The molecule has 0 aliphatic carbocycles. The molecule has 1 fully saturated rings. The third-order valence-corrected chi connectivity index (χ3v) is 2.31. The molecule has 0 aromatic carbocycles. The minimum atomic E-state index is 0.368. The van der Waals surface area contributed by atoms with Gasteiger partial charge in [-0.05, 0) is 5.41 Å². The van der Waals surface area contributed by atoms with Crippen LogP contribution in [0.1, 0.15) is 24.2 Å². The van der Waals surface area contributed by atoms with Crippen LogP contribution in [-0.4, -0.2) is 29.3 Å². The highest BCUT2D eigenvalue weighted by atomic mass is 16.1. The van der Waals surface area contributed by atoms with Gasteiger partial charge in [-0.15, -0.1) is 0 Å². The first-order valence-corrected chi connectivity index (χ1v) is 4.63. The fourth-order valence-corrected chi connectivity index (χ4v) is 1.68. The van der Waals surface area contributed by atoms with Gasteiger partial charge in [0.1, 0.15) is 0 Å². The predicted octanol–water partition coefficient (Wildman–Crippen LogP) is 1.14. The fourth-order valence-electron chi connectivity index (χ4n) is 1.68. The van der Waals surface area contributed by atoms with Crippen molar-refractivity contribution in [2.75, 3.05) is 18.0 Å². The number of anilines is 1. The predicted molar refractivity (Wildman–Crippen MR) is 53.4 cm³/mol. The number of aromatic nitrogens is 2. The minimum absolute atomic E-state index is 0.368. The van der Waals surface area contributed by atoms with Crippen molar-refractivity contribution >= 4 is 12.2 Å². The molecule has 1 aliphatic rings. The van der Waals surface area contributed by atoms with Crippen LogP contribution in [0, 0.1) is 5.41 Å². The van der Waals surface area contributed by atoms with E-state index in [4.69, 9.17) is 0 Å². The lowest BCUT2D eigenvalue weighted by Crippen LogP contribution is -2.53. The number of carbonyl (C=O) groups excluding carboxylic acids is 1. The Hall–Kier alpha value is -1.45. The van der Waals surface area contributed by atoms with Gasteiger partial charge in [0, 0.05) is 25.5 Å². The van der Waals surface area contributed by atoms with Crippen molar-refractivity contribution in [1.29, 1.82) is 0 Å². The van der Waals surface area contributed by atoms with E-state index in [0.29, 0.717) is 11.0 Å². The maximum atomic E-state index is 10.4. The normalized spacial score (nSPS) is 18.9. The molecule has 2 rings (SSSR count). The van der Waals surface area contributed by atoms with Gasteiger partial charge in [0.2, 0.25) is 5.95 Å². The first-order chi connectivity index (χ1) is 6.61. The lowest BCUT2D eigenvalue weighted by Gasteiger charge is -2.45. The minimum Gasteiger partial charge on any atom is -0.340 e. The Bertz CT molecular complexity index is 337. The summed E-state index contributed by atoms with van der Waals surface area (Å²) in [6, 6.07) is 0. The number of hydrogen-bond acceptors (Lipinski definition) is 4. The van der Waals surface area contributed by atoms with E-state index in [1.54, 1.807) is 12.4 Å². The quantitative estimate of drug-likeness (QED) is 0.657. The van der Waals surface area contributed by atoms with Crippen LogP contribution in [0.2, 0.25) is 0 Å². The van der Waals surface area contributed by atoms with Crippen LogP contribution in [0.5, 0.6) is 0 Å². The monoisotopic (exact) mass is 191 g/mol. The molecule has 0 radical (unpaired) electrons. The molecule has 1 aromatic heterocycles. The molecule has 0 unspecified atom stereocenters. The van der Waals surface area contributed by atoms with Gasteiger partial charge in [0.25, 0.3) is 0 Å². The summed E-state index contributed by atoms with van der Waals surface area (Å²) in [5.41, 5.74) is 0.890. The summed E-state index contributed by atoms with van der Waals surface area (Å²) in [6.45, 7) is 6.38. The van der Waals surface area contributed by atoms with E-state index in [1.165, 1.54) is 0 Å². The third kappa shape index (κ3) is 1.60. The average molecular weight is 191 g/mol. The molecule has 1 aromatic rings. The Morgan fingerprint density at radius 3 is 2.36 bits per heavy atom. The highest BCUT2D eigenvalue weighted by Crippen LogP contribution is 2.30. The van der Waals surface area contributed by atoms with Crippen LogP contribution in [-0.2, 0) is 0 Å². The van der Waals surface area contributed by atoms with Crippen LogP contribution in [0.15, 0.2) is 12.4 Å². The summed E-state index contributed by atoms with van der Waals surface area (Å²) in [5, 5.41) is 0. The zero-order chi connectivity index (χ0) is 10.2. The van der Waals surface area contributed by atoms with E-state index in [-0.39, 0.29) is 0 Å². The maximum absolute atomic E-state index is 10.4. The van der Waals surface area contributed by atoms with Gasteiger partial charge in [0.15, 0.2) is 6.29 Å². The second-order valence-electron chi connectivity index (χ2n) is 4.45. The van der Waals surface area contributed by atoms with Crippen LogP contribution >= 0.6 is 0 Å². The summed E-state index contributed by atoms with van der Waals surface area (Å²) in [5.74, 6) is 0.718. The lowest BCUT2D eigenvalue weighted by atomic mass is 9.85. The number of aldehydes is 1. The zero-order valence-corrected chi connectivity index (χ0v) is 8.40. The molecule has 0 bridgehead atoms. The largest absolute Gasteiger partial charge is 0.340 e. The second kappa shape index (κ2) is 3.04. The van der Waals surface area contributed by atoms with E-state index in [2.05, 4.69) is 28.7 Å². The lowest BCUT2D eigenvalue weighted by molar-refractivity contribution is 0.112. The number of nitrogens with zero attached hydrogens (tertiary/aromatic N) is 3. The molecule has 0 spiro atoms. The van der Waals surface area contributed by atoms with Crippen molar-refractivity contribution in [2.24, 2.45) is 5.41 Å². The van der Waals surface area contributed by atoms with Crippen LogP contribution in [0.25, 0.3) is 0 Å². The van der Waals surface area contributed by atoms with E-state index >= 15 is 0 Å². The van der Waals surface area contributed by atoms with Crippen molar-refractivity contribution < 1.29 is 4.79 Å². The fraction of sp³-hybridized carbons (Fsp3) is 0.500. The SMILES string of the molecule is CC1(C)CN(c2ncc(C=O)cn2)C1. The standard InChI is InChI=1S/C10H13N3O/c1-10(2)6-13(7-10)9-11-3-8(5-14)4-12-9/h3-5H,6-7H2,1-2H3. The summed E-state index contributed by atoms with van der Waals surface area (Å²) >= 11 is 0. The van der Waals surface area contributed by atoms with Gasteiger partial charge in [-0.3, -0.25) is 4.79 Å². The highest BCUT2D eigenvalue weighted by molar-refractivity contribution is 5.73. The van der Waals surface area contributed by atoms with Gasteiger partial charge < -0.3 is 4.90 Å². The first kappa shape index (κ1) is 9.12. The molecular formula is C10H13N3O. The van der Waals surface area contributed by atoms with E-state index in [9.17, 15) is 4.79 Å². The average Bonchev–Trinajstić information content (AvgIpc) is 2.14. The highest BCUT2D eigenvalue weighted by Gasteiger charge is 2.35. The van der Waals surface area contributed by atoms with Crippen molar-refractivity contribution in [3.63, 3.8) is 0 Å². The van der Waals surface area contributed by atoms with Crippen molar-refractivity contribution in [3.05, 3.63) is 18.0 Å². The van der Waals surface area contributed by atoms with E-state index in [1.807, 2.05) is 0 Å². The Labute approximate surface area is 83.0 Å². The summed E-state index contributed by atoms with van der Waals surface area (Å²) in [6.07, 6.45) is 3.87. The molecule has 14 heavy (non-hydrogen) atoms. The Kier molecular flexibility index (Phi) is 1.98. The molecule has 2 heterocycles. The summed E-state index contributed by atoms with van der Waals surface area (Å²) in [7, 11) is 0. The van der Waals surface area contributed by atoms with Crippen LogP contribution < -0.4 is 4.90 Å².